The second-order valence-corrected chi connectivity index (χ2v) is 10.4. The first-order valence-corrected chi connectivity index (χ1v) is 12.7. The second-order valence-electron chi connectivity index (χ2n) is 7.37. The van der Waals surface area contributed by atoms with Gasteiger partial charge in [0.15, 0.2) is 0 Å². The highest BCUT2D eigenvalue weighted by molar-refractivity contribution is 7.88. The molecule has 2 heterocycles. The molecule has 9 heteroatoms. The van der Waals surface area contributed by atoms with Gasteiger partial charge in [0.05, 0.1) is 32.6 Å². The van der Waals surface area contributed by atoms with E-state index in [0.717, 1.165) is 23.5 Å². The average molecular weight is 452 g/mol. The largest absolute Gasteiger partial charge is 0.379 e. The van der Waals surface area contributed by atoms with Crippen molar-refractivity contribution in [2.24, 2.45) is 0 Å². The quantitative estimate of drug-likeness (QED) is 0.552. The molecule has 0 bridgehead atoms. The van der Waals surface area contributed by atoms with Crippen LogP contribution >= 0.6 is 11.3 Å². The number of sulfonamides is 1. The third-order valence-electron chi connectivity index (χ3n) is 5.05. The minimum Gasteiger partial charge on any atom is -0.379 e. The molecule has 0 atom stereocenters. The van der Waals surface area contributed by atoms with Gasteiger partial charge in [-0.2, -0.15) is 4.31 Å². The number of morpholine rings is 1. The van der Waals surface area contributed by atoms with Gasteiger partial charge in [0.25, 0.3) is 0 Å². The van der Waals surface area contributed by atoms with Crippen LogP contribution in [0.1, 0.15) is 10.4 Å². The van der Waals surface area contributed by atoms with E-state index in [2.05, 4.69) is 4.90 Å². The Morgan fingerprint density at radius 3 is 2.47 bits per heavy atom. The predicted molar refractivity (Wildman–Crippen MR) is 119 cm³/mol. The summed E-state index contributed by atoms with van der Waals surface area (Å²) in [5, 5.41) is 1.98. The van der Waals surface area contributed by atoms with Crippen LogP contribution in [0.5, 0.6) is 0 Å². The van der Waals surface area contributed by atoms with E-state index in [9.17, 15) is 13.2 Å². The Labute approximate surface area is 182 Å². The molecule has 2 aromatic rings. The number of carbonyl (C=O) groups excluding carboxylic acids is 1. The highest BCUT2D eigenvalue weighted by Crippen LogP contribution is 2.15. The zero-order valence-electron chi connectivity index (χ0n) is 17.3. The van der Waals surface area contributed by atoms with Crippen LogP contribution in [0.2, 0.25) is 0 Å². The summed E-state index contributed by atoms with van der Waals surface area (Å²) in [5.74, 6) is -0.195. The molecule has 164 valence electrons. The van der Waals surface area contributed by atoms with E-state index in [0.29, 0.717) is 39.4 Å². The van der Waals surface area contributed by atoms with Gasteiger partial charge in [-0.3, -0.25) is 9.69 Å². The molecular formula is C21H29N3O4S2. The van der Waals surface area contributed by atoms with Crippen molar-refractivity contribution in [1.82, 2.24) is 14.1 Å². The maximum absolute atomic E-state index is 13.2. The van der Waals surface area contributed by atoms with Gasteiger partial charge in [-0.1, -0.05) is 36.4 Å². The molecule has 1 aliphatic rings. The van der Waals surface area contributed by atoms with E-state index < -0.39 is 10.0 Å². The maximum atomic E-state index is 13.2. The van der Waals surface area contributed by atoms with Crippen LogP contribution in [0.4, 0.5) is 0 Å². The maximum Gasteiger partial charge on any atom is 0.238 e. The standard InChI is InChI=1S/C21H29N3O4S2/c1-30(26,27)24(10-9-22-11-13-28-14-12-22)18-21(25)23(17-20-8-5-15-29-20)16-19-6-3-2-4-7-19/h2-8,15H,9-14,16-18H2,1H3. The topological polar surface area (TPSA) is 70.2 Å². The van der Waals surface area contributed by atoms with E-state index in [4.69, 9.17) is 4.74 Å². The van der Waals surface area contributed by atoms with E-state index in [1.54, 1.807) is 16.2 Å². The molecule has 0 unspecified atom stereocenters. The first-order valence-electron chi connectivity index (χ1n) is 10.0. The summed E-state index contributed by atoms with van der Waals surface area (Å²) in [6.07, 6.45) is 1.17. The number of nitrogens with zero attached hydrogens (tertiary/aromatic N) is 3. The van der Waals surface area contributed by atoms with Crippen LogP contribution in [0.15, 0.2) is 47.8 Å². The summed E-state index contributed by atoms with van der Waals surface area (Å²) in [5.41, 5.74) is 1.02. The van der Waals surface area contributed by atoms with Gasteiger partial charge < -0.3 is 9.64 Å². The van der Waals surface area contributed by atoms with Crippen molar-refractivity contribution in [3.8, 4) is 0 Å². The second kappa shape index (κ2) is 11.0. The number of ether oxygens (including phenoxy) is 1. The highest BCUT2D eigenvalue weighted by Gasteiger charge is 2.25. The van der Waals surface area contributed by atoms with Gasteiger partial charge in [-0.15, -0.1) is 11.3 Å². The van der Waals surface area contributed by atoms with Crippen molar-refractivity contribution >= 4 is 27.3 Å². The number of hydrogen-bond acceptors (Lipinski definition) is 6. The van der Waals surface area contributed by atoms with Crippen molar-refractivity contribution in [1.29, 1.82) is 0 Å². The minimum atomic E-state index is -3.50. The van der Waals surface area contributed by atoms with E-state index in [1.165, 1.54) is 10.6 Å². The van der Waals surface area contributed by atoms with Crippen LogP contribution in [-0.4, -0.2) is 80.6 Å². The molecule has 1 fully saturated rings. The van der Waals surface area contributed by atoms with Gasteiger partial charge >= 0.3 is 0 Å². The summed E-state index contributed by atoms with van der Waals surface area (Å²) in [7, 11) is -3.50. The molecule has 0 N–H and O–H groups in total. The fraction of sp³-hybridized carbons (Fsp3) is 0.476. The summed E-state index contributed by atoms with van der Waals surface area (Å²) in [4.78, 5) is 18.1. The lowest BCUT2D eigenvalue weighted by molar-refractivity contribution is -0.132. The van der Waals surface area contributed by atoms with Gasteiger partial charge in [0.2, 0.25) is 15.9 Å². The molecule has 1 saturated heterocycles. The van der Waals surface area contributed by atoms with Crippen molar-refractivity contribution < 1.29 is 17.9 Å². The Balaban J connectivity index is 1.68. The third-order valence-corrected chi connectivity index (χ3v) is 7.16. The summed E-state index contributed by atoms with van der Waals surface area (Å²) in [6, 6.07) is 13.7. The van der Waals surface area contributed by atoms with Crippen molar-refractivity contribution in [2.45, 2.75) is 13.1 Å². The Hall–Kier alpha value is -1.78. The van der Waals surface area contributed by atoms with Crippen molar-refractivity contribution in [3.05, 3.63) is 58.3 Å². The number of hydrogen-bond donors (Lipinski definition) is 0. The van der Waals surface area contributed by atoms with Gasteiger partial charge in [-0.25, -0.2) is 8.42 Å². The first-order chi connectivity index (χ1) is 14.4. The molecule has 0 radical (unpaired) electrons. The molecule has 7 nitrogen and oxygen atoms in total. The molecule has 0 saturated carbocycles. The smallest absolute Gasteiger partial charge is 0.238 e. The zero-order chi connectivity index (χ0) is 21.4. The van der Waals surface area contributed by atoms with Crippen LogP contribution in [0.3, 0.4) is 0 Å². The molecule has 0 aliphatic carbocycles. The lowest BCUT2D eigenvalue weighted by atomic mass is 10.2. The van der Waals surface area contributed by atoms with Crippen LogP contribution in [0.25, 0.3) is 0 Å². The van der Waals surface area contributed by atoms with Gasteiger partial charge in [-0.05, 0) is 17.0 Å². The molecule has 1 aromatic carbocycles. The van der Waals surface area contributed by atoms with E-state index >= 15 is 0 Å². The minimum absolute atomic E-state index is 0.151. The number of amides is 1. The van der Waals surface area contributed by atoms with Gasteiger partial charge in [0, 0.05) is 37.6 Å². The Morgan fingerprint density at radius 1 is 1.10 bits per heavy atom. The predicted octanol–water partition coefficient (Wildman–Crippen LogP) is 1.87. The molecule has 3 rings (SSSR count). The SMILES string of the molecule is CS(=O)(=O)N(CCN1CCOCC1)CC(=O)N(Cc1ccccc1)Cc1cccs1. The molecule has 1 aromatic heterocycles. The number of carbonyl (C=O) groups is 1. The number of thiophene rings is 1. The number of rotatable bonds is 10. The lowest BCUT2D eigenvalue weighted by Gasteiger charge is -2.30. The summed E-state index contributed by atoms with van der Waals surface area (Å²) in [6.45, 7) is 4.52. The van der Waals surface area contributed by atoms with Crippen molar-refractivity contribution in [3.63, 3.8) is 0 Å². The van der Waals surface area contributed by atoms with E-state index in [-0.39, 0.29) is 12.5 Å². The third kappa shape index (κ3) is 7.17. The molecule has 1 aliphatic heterocycles. The molecule has 30 heavy (non-hydrogen) atoms. The zero-order valence-corrected chi connectivity index (χ0v) is 18.9. The van der Waals surface area contributed by atoms with Crippen LogP contribution < -0.4 is 0 Å². The normalized spacial score (nSPS) is 15.4. The van der Waals surface area contributed by atoms with Crippen LogP contribution in [-0.2, 0) is 32.6 Å². The molecule has 1 amide bonds. The fourth-order valence-electron chi connectivity index (χ4n) is 3.32. The molecule has 0 spiro atoms. The Morgan fingerprint density at radius 2 is 1.83 bits per heavy atom. The van der Waals surface area contributed by atoms with Gasteiger partial charge in [0.1, 0.15) is 0 Å². The Bertz CT molecular complexity index is 882. The first kappa shape index (κ1) is 22.9. The summed E-state index contributed by atoms with van der Waals surface area (Å²) < 4.78 is 31.3. The fourth-order valence-corrected chi connectivity index (χ4v) is 4.80. The van der Waals surface area contributed by atoms with Crippen molar-refractivity contribution in [2.75, 3.05) is 52.2 Å². The monoisotopic (exact) mass is 451 g/mol. The lowest BCUT2D eigenvalue weighted by Crippen LogP contribution is -2.46. The average Bonchev–Trinajstić information content (AvgIpc) is 3.24. The number of benzene rings is 1. The molecular weight excluding hydrogens is 422 g/mol. The highest BCUT2D eigenvalue weighted by atomic mass is 32.2. The summed E-state index contributed by atoms with van der Waals surface area (Å²) >= 11 is 1.59. The Kier molecular flexibility index (Phi) is 8.41. The van der Waals surface area contributed by atoms with E-state index in [1.807, 2.05) is 47.8 Å². The van der Waals surface area contributed by atoms with Crippen LogP contribution in [0, 0.1) is 0 Å².